The fourth-order valence-electron chi connectivity index (χ4n) is 1.41. The van der Waals surface area contributed by atoms with Gasteiger partial charge in [-0.3, -0.25) is 0 Å². The van der Waals surface area contributed by atoms with Gasteiger partial charge in [-0.25, -0.2) is 9.97 Å². The first kappa shape index (κ1) is 16.5. The summed E-state index contributed by atoms with van der Waals surface area (Å²) in [6.07, 6.45) is -3.37. The Hall–Kier alpha value is -1.53. The lowest BCUT2D eigenvalue weighted by Gasteiger charge is -2.19. The highest BCUT2D eigenvalue weighted by Crippen LogP contribution is 2.23. The lowest BCUT2D eigenvalue weighted by molar-refractivity contribution is -0.115. The minimum Gasteiger partial charge on any atom is -0.370 e. The summed E-state index contributed by atoms with van der Waals surface area (Å²) in [5, 5.41) is 5.37. The molecule has 0 aromatic carbocycles. The first-order valence-electron chi connectivity index (χ1n) is 6.56. The summed E-state index contributed by atoms with van der Waals surface area (Å²) in [6.45, 7) is 7.35. The van der Waals surface area contributed by atoms with Gasteiger partial charge in [0.05, 0.1) is 0 Å². The number of hydrogen-bond acceptors (Lipinski definition) is 4. The van der Waals surface area contributed by atoms with Crippen LogP contribution in [0.2, 0.25) is 0 Å². The SMILES string of the molecule is CCCNc1cc(NCC(F)(F)F)nc(C(C)(C)C)n1. The van der Waals surface area contributed by atoms with Crippen molar-refractivity contribution in [1.82, 2.24) is 9.97 Å². The predicted octanol–water partition coefficient (Wildman–Crippen LogP) is 3.57. The largest absolute Gasteiger partial charge is 0.405 e. The number of halogens is 3. The Balaban J connectivity index is 2.97. The molecule has 1 aromatic rings. The van der Waals surface area contributed by atoms with Crippen LogP contribution in [-0.2, 0) is 5.41 Å². The Labute approximate surface area is 117 Å². The van der Waals surface area contributed by atoms with E-state index < -0.39 is 12.7 Å². The quantitative estimate of drug-likeness (QED) is 0.870. The number of nitrogens with one attached hydrogen (secondary N) is 2. The Morgan fingerprint density at radius 3 is 2.05 bits per heavy atom. The molecule has 1 rings (SSSR count). The molecular weight excluding hydrogens is 269 g/mol. The average molecular weight is 290 g/mol. The van der Waals surface area contributed by atoms with Gasteiger partial charge in [0.2, 0.25) is 0 Å². The van der Waals surface area contributed by atoms with Gasteiger partial charge < -0.3 is 10.6 Å². The number of anilines is 2. The molecule has 0 spiro atoms. The summed E-state index contributed by atoms with van der Waals surface area (Å²) < 4.78 is 36.8. The van der Waals surface area contributed by atoms with E-state index in [0.717, 1.165) is 6.42 Å². The van der Waals surface area contributed by atoms with Crippen LogP contribution in [0.5, 0.6) is 0 Å². The molecule has 0 atom stereocenters. The van der Waals surface area contributed by atoms with E-state index in [1.54, 1.807) is 0 Å². The van der Waals surface area contributed by atoms with Crippen LogP contribution in [0.4, 0.5) is 24.8 Å². The number of hydrogen-bond donors (Lipinski definition) is 2. The third-order valence-electron chi connectivity index (χ3n) is 2.42. The zero-order valence-corrected chi connectivity index (χ0v) is 12.2. The highest BCUT2D eigenvalue weighted by Gasteiger charge is 2.27. The lowest BCUT2D eigenvalue weighted by Crippen LogP contribution is -2.24. The molecular formula is C13H21F3N4. The molecule has 0 aliphatic carbocycles. The van der Waals surface area contributed by atoms with Crippen LogP contribution in [-0.4, -0.2) is 29.2 Å². The van der Waals surface area contributed by atoms with Crippen molar-refractivity contribution in [3.05, 3.63) is 11.9 Å². The second-order valence-electron chi connectivity index (χ2n) is 5.61. The van der Waals surface area contributed by atoms with Crippen molar-refractivity contribution in [2.45, 2.75) is 45.7 Å². The summed E-state index contributed by atoms with van der Waals surface area (Å²) in [5.74, 6) is 1.22. The van der Waals surface area contributed by atoms with E-state index in [1.165, 1.54) is 6.07 Å². The monoisotopic (exact) mass is 290 g/mol. The van der Waals surface area contributed by atoms with Crippen molar-refractivity contribution in [3.63, 3.8) is 0 Å². The molecule has 0 unspecified atom stereocenters. The normalized spacial score (nSPS) is 12.3. The molecule has 114 valence electrons. The molecule has 0 amide bonds. The van der Waals surface area contributed by atoms with E-state index in [0.29, 0.717) is 18.2 Å². The maximum Gasteiger partial charge on any atom is 0.405 e. The third kappa shape index (κ3) is 5.63. The second kappa shape index (κ2) is 6.28. The third-order valence-corrected chi connectivity index (χ3v) is 2.42. The first-order valence-corrected chi connectivity index (χ1v) is 6.56. The molecule has 7 heteroatoms. The van der Waals surface area contributed by atoms with Crippen LogP contribution in [0.3, 0.4) is 0 Å². The molecule has 1 aromatic heterocycles. The highest BCUT2D eigenvalue weighted by atomic mass is 19.4. The van der Waals surface area contributed by atoms with Crippen LogP contribution in [0.1, 0.15) is 39.9 Å². The summed E-state index contributed by atoms with van der Waals surface area (Å²) in [6, 6.07) is 1.50. The molecule has 0 saturated carbocycles. The van der Waals surface area contributed by atoms with Crippen LogP contribution in [0, 0.1) is 0 Å². The van der Waals surface area contributed by atoms with Gasteiger partial charge in [0, 0.05) is 18.0 Å². The van der Waals surface area contributed by atoms with Gasteiger partial charge in [0.25, 0.3) is 0 Å². The molecule has 4 nitrogen and oxygen atoms in total. The van der Waals surface area contributed by atoms with Crippen molar-refractivity contribution in [1.29, 1.82) is 0 Å². The molecule has 20 heavy (non-hydrogen) atoms. The van der Waals surface area contributed by atoms with Crippen molar-refractivity contribution in [2.24, 2.45) is 0 Å². The minimum absolute atomic E-state index is 0.181. The van der Waals surface area contributed by atoms with Gasteiger partial charge in [-0.2, -0.15) is 13.2 Å². The maximum absolute atomic E-state index is 12.3. The second-order valence-corrected chi connectivity index (χ2v) is 5.61. The smallest absolute Gasteiger partial charge is 0.370 e. The molecule has 0 radical (unpaired) electrons. The maximum atomic E-state index is 12.3. The van der Waals surface area contributed by atoms with Crippen molar-refractivity contribution in [3.8, 4) is 0 Å². The van der Waals surface area contributed by atoms with Crippen LogP contribution in [0.25, 0.3) is 0 Å². The van der Waals surface area contributed by atoms with E-state index >= 15 is 0 Å². The summed E-state index contributed by atoms with van der Waals surface area (Å²) in [5.41, 5.74) is -0.335. The van der Waals surface area contributed by atoms with E-state index in [-0.39, 0.29) is 11.2 Å². The van der Waals surface area contributed by atoms with E-state index in [1.807, 2.05) is 27.7 Å². The van der Waals surface area contributed by atoms with E-state index in [9.17, 15) is 13.2 Å². The Morgan fingerprint density at radius 2 is 1.60 bits per heavy atom. The number of rotatable bonds is 5. The number of alkyl halides is 3. The molecule has 1 heterocycles. The zero-order chi connectivity index (χ0) is 15.4. The summed E-state index contributed by atoms with van der Waals surface area (Å²) in [7, 11) is 0. The summed E-state index contributed by atoms with van der Waals surface area (Å²) >= 11 is 0. The minimum atomic E-state index is -4.27. The van der Waals surface area contributed by atoms with E-state index in [2.05, 4.69) is 20.6 Å². The van der Waals surface area contributed by atoms with Crippen molar-refractivity contribution >= 4 is 11.6 Å². The topological polar surface area (TPSA) is 49.8 Å². The lowest BCUT2D eigenvalue weighted by atomic mass is 9.96. The Kier molecular flexibility index (Phi) is 5.19. The number of nitrogens with zero attached hydrogens (tertiary/aromatic N) is 2. The van der Waals surface area contributed by atoms with Crippen LogP contribution < -0.4 is 10.6 Å². The van der Waals surface area contributed by atoms with Crippen LogP contribution >= 0.6 is 0 Å². The molecule has 0 bridgehead atoms. The Bertz CT molecular complexity index is 438. The standard InChI is InChI=1S/C13H21F3N4/c1-5-6-17-9-7-10(18-8-13(14,15)16)20-11(19-9)12(2,3)4/h7H,5-6,8H2,1-4H3,(H2,17,18,19,20). The van der Waals surface area contributed by atoms with Gasteiger partial charge in [-0.05, 0) is 6.42 Å². The average Bonchev–Trinajstić information content (AvgIpc) is 2.32. The first-order chi connectivity index (χ1) is 9.12. The molecule has 2 N–H and O–H groups in total. The molecule has 0 fully saturated rings. The van der Waals surface area contributed by atoms with Gasteiger partial charge in [0.15, 0.2) is 0 Å². The van der Waals surface area contributed by atoms with Crippen molar-refractivity contribution in [2.75, 3.05) is 23.7 Å². The Morgan fingerprint density at radius 1 is 1.05 bits per heavy atom. The van der Waals surface area contributed by atoms with Gasteiger partial charge in [0.1, 0.15) is 24.0 Å². The predicted molar refractivity (Wildman–Crippen MR) is 74.1 cm³/mol. The summed E-state index contributed by atoms with van der Waals surface area (Å²) in [4.78, 5) is 8.50. The fourth-order valence-corrected chi connectivity index (χ4v) is 1.41. The van der Waals surface area contributed by atoms with E-state index in [4.69, 9.17) is 0 Å². The van der Waals surface area contributed by atoms with Gasteiger partial charge >= 0.3 is 6.18 Å². The number of aromatic nitrogens is 2. The molecule has 0 aliphatic rings. The molecule has 0 aliphatic heterocycles. The fraction of sp³-hybridized carbons (Fsp3) is 0.692. The van der Waals surface area contributed by atoms with Crippen molar-refractivity contribution < 1.29 is 13.2 Å². The zero-order valence-electron chi connectivity index (χ0n) is 12.2. The van der Waals surface area contributed by atoms with Gasteiger partial charge in [-0.15, -0.1) is 0 Å². The highest BCUT2D eigenvalue weighted by molar-refractivity contribution is 5.48. The van der Waals surface area contributed by atoms with Gasteiger partial charge in [-0.1, -0.05) is 27.7 Å². The van der Waals surface area contributed by atoms with Crippen LogP contribution in [0.15, 0.2) is 6.07 Å². The molecule has 0 saturated heterocycles.